The molecule has 1 unspecified atom stereocenters. The van der Waals surface area contributed by atoms with Gasteiger partial charge in [0, 0.05) is 5.56 Å². The van der Waals surface area contributed by atoms with Crippen LogP contribution in [0.15, 0.2) is 24.3 Å². The third-order valence-electron chi connectivity index (χ3n) is 4.02. The van der Waals surface area contributed by atoms with Crippen LogP contribution in [0, 0.1) is 0 Å². The molecule has 1 fully saturated rings. The minimum atomic E-state index is -0.753. The number of aliphatic carboxylic acids is 1. The van der Waals surface area contributed by atoms with Gasteiger partial charge in [0.15, 0.2) is 0 Å². The van der Waals surface area contributed by atoms with Crippen molar-refractivity contribution < 1.29 is 14.6 Å². The molecule has 1 spiro atoms. The molecule has 90 valence electrons. The van der Waals surface area contributed by atoms with Crippen LogP contribution in [0.4, 0.5) is 0 Å². The first-order valence-corrected chi connectivity index (χ1v) is 6.24. The highest BCUT2D eigenvalue weighted by atomic mass is 16.5. The van der Waals surface area contributed by atoms with Gasteiger partial charge in [-0.25, -0.2) is 0 Å². The molecule has 17 heavy (non-hydrogen) atoms. The lowest BCUT2D eigenvalue weighted by molar-refractivity contribution is -0.144. The highest BCUT2D eigenvalue weighted by Crippen LogP contribution is 2.51. The molecule has 1 heterocycles. The van der Waals surface area contributed by atoms with E-state index >= 15 is 0 Å². The molecule has 0 amide bonds. The number of hydrogen-bond donors (Lipinski definition) is 1. The zero-order valence-corrected chi connectivity index (χ0v) is 9.69. The average molecular weight is 232 g/mol. The molecule has 1 aromatic rings. The zero-order valence-electron chi connectivity index (χ0n) is 9.69. The number of fused-ring (bicyclic) bond motifs is 1. The molecule has 0 bridgehead atoms. The second-order valence-corrected chi connectivity index (χ2v) is 5.04. The SMILES string of the molecule is O=C(O)C1c2ccccc2OC12CCCCC2. The summed E-state index contributed by atoms with van der Waals surface area (Å²) in [4.78, 5) is 11.6. The van der Waals surface area contributed by atoms with Crippen LogP contribution < -0.4 is 4.74 Å². The van der Waals surface area contributed by atoms with Gasteiger partial charge in [-0.15, -0.1) is 0 Å². The molecule has 3 heteroatoms. The van der Waals surface area contributed by atoms with Crippen LogP contribution in [0.1, 0.15) is 43.6 Å². The summed E-state index contributed by atoms with van der Waals surface area (Å²) in [7, 11) is 0. The van der Waals surface area contributed by atoms with E-state index in [1.54, 1.807) is 0 Å². The molecular weight excluding hydrogens is 216 g/mol. The van der Waals surface area contributed by atoms with Crippen molar-refractivity contribution >= 4 is 5.97 Å². The second-order valence-electron chi connectivity index (χ2n) is 5.04. The van der Waals surface area contributed by atoms with Crippen molar-refractivity contribution in [2.45, 2.75) is 43.6 Å². The minimum Gasteiger partial charge on any atom is -0.486 e. The van der Waals surface area contributed by atoms with E-state index in [1.165, 1.54) is 6.42 Å². The van der Waals surface area contributed by atoms with Crippen LogP contribution in [0.5, 0.6) is 5.75 Å². The summed E-state index contributed by atoms with van der Waals surface area (Å²) in [5.41, 5.74) is 0.371. The van der Waals surface area contributed by atoms with Crippen molar-refractivity contribution in [1.29, 1.82) is 0 Å². The molecule has 1 aliphatic carbocycles. The Labute approximate surface area is 100 Å². The van der Waals surface area contributed by atoms with Crippen molar-refractivity contribution in [1.82, 2.24) is 0 Å². The van der Waals surface area contributed by atoms with Crippen molar-refractivity contribution in [3.63, 3.8) is 0 Å². The Morgan fingerprint density at radius 1 is 1.24 bits per heavy atom. The number of carboxylic acids is 1. The van der Waals surface area contributed by atoms with Gasteiger partial charge in [-0.1, -0.05) is 24.6 Å². The van der Waals surface area contributed by atoms with Gasteiger partial charge >= 0.3 is 5.97 Å². The van der Waals surface area contributed by atoms with Crippen molar-refractivity contribution in [2.75, 3.05) is 0 Å². The van der Waals surface area contributed by atoms with Gasteiger partial charge in [-0.3, -0.25) is 4.79 Å². The molecule has 3 nitrogen and oxygen atoms in total. The summed E-state index contributed by atoms with van der Waals surface area (Å²) in [5, 5.41) is 9.50. The third-order valence-corrected chi connectivity index (χ3v) is 4.02. The van der Waals surface area contributed by atoms with Crippen LogP contribution in [0.3, 0.4) is 0 Å². The molecule has 1 saturated carbocycles. The van der Waals surface area contributed by atoms with Gasteiger partial charge in [0.2, 0.25) is 0 Å². The normalized spacial score (nSPS) is 25.3. The third kappa shape index (κ3) is 1.53. The monoisotopic (exact) mass is 232 g/mol. The van der Waals surface area contributed by atoms with Gasteiger partial charge in [0.25, 0.3) is 0 Å². The minimum absolute atomic E-state index is 0.478. The van der Waals surface area contributed by atoms with E-state index < -0.39 is 17.5 Å². The summed E-state index contributed by atoms with van der Waals surface area (Å²) < 4.78 is 6.03. The first kappa shape index (κ1) is 10.6. The Hall–Kier alpha value is -1.51. The summed E-state index contributed by atoms with van der Waals surface area (Å²) >= 11 is 0. The van der Waals surface area contributed by atoms with Crippen LogP contribution >= 0.6 is 0 Å². The lowest BCUT2D eigenvalue weighted by Crippen LogP contribution is -2.43. The maximum Gasteiger partial charge on any atom is 0.315 e. The Bertz CT molecular complexity index is 447. The average Bonchev–Trinajstić information content (AvgIpc) is 2.63. The lowest BCUT2D eigenvalue weighted by atomic mass is 9.74. The predicted molar refractivity (Wildman–Crippen MR) is 63.3 cm³/mol. The highest BCUT2D eigenvalue weighted by molar-refractivity contribution is 5.80. The second kappa shape index (κ2) is 3.76. The zero-order chi connectivity index (χ0) is 11.9. The number of ether oxygens (including phenoxy) is 1. The fourth-order valence-electron chi connectivity index (χ4n) is 3.27. The number of para-hydroxylation sites is 1. The van der Waals surface area contributed by atoms with Crippen LogP contribution in [-0.4, -0.2) is 16.7 Å². The van der Waals surface area contributed by atoms with Crippen molar-refractivity contribution in [2.24, 2.45) is 0 Å². The molecule has 2 aliphatic rings. The molecule has 1 N–H and O–H groups in total. The summed E-state index contributed by atoms with van der Waals surface area (Å²) in [6.45, 7) is 0. The maximum absolute atomic E-state index is 11.6. The largest absolute Gasteiger partial charge is 0.486 e. The van der Waals surface area contributed by atoms with Crippen molar-refractivity contribution in [3.05, 3.63) is 29.8 Å². The quantitative estimate of drug-likeness (QED) is 0.809. The van der Waals surface area contributed by atoms with Crippen LogP contribution in [0.2, 0.25) is 0 Å². The number of benzene rings is 1. The predicted octanol–water partition coefficient (Wildman–Crippen LogP) is 2.95. The van der Waals surface area contributed by atoms with Crippen LogP contribution in [0.25, 0.3) is 0 Å². The molecule has 3 rings (SSSR count). The molecule has 1 atom stereocenters. The first-order valence-electron chi connectivity index (χ1n) is 6.24. The number of rotatable bonds is 1. The standard InChI is InChI=1S/C14H16O3/c15-13(16)12-10-6-2-3-7-11(10)17-14(12)8-4-1-5-9-14/h2-3,6-7,12H,1,4-5,8-9H2,(H,15,16). The number of hydrogen-bond acceptors (Lipinski definition) is 2. The van der Waals surface area contributed by atoms with Gasteiger partial charge in [0.1, 0.15) is 17.3 Å². The summed E-state index contributed by atoms with van der Waals surface area (Å²) in [6.07, 6.45) is 5.04. The fourth-order valence-corrected chi connectivity index (χ4v) is 3.27. The Kier molecular flexibility index (Phi) is 2.35. The van der Waals surface area contributed by atoms with E-state index in [1.807, 2.05) is 24.3 Å². The Morgan fingerprint density at radius 3 is 2.65 bits per heavy atom. The van der Waals surface area contributed by atoms with E-state index in [0.29, 0.717) is 0 Å². The highest BCUT2D eigenvalue weighted by Gasteiger charge is 2.52. The van der Waals surface area contributed by atoms with E-state index in [4.69, 9.17) is 4.74 Å². The Morgan fingerprint density at radius 2 is 1.94 bits per heavy atom. The smallest absolute Gasteiger partial charge is 0.315 e. The molecule has 1 aromatic carbocycles. The van der Waals surface area contributed by atoms with Gasteiger partial charge in [-0.05, 0) is 31.7 Å². The molecule has 0 radical (unpaired) electrons. The maximum atomic E-state index is 11.6. The molecule has 0 saturated heterocycles. The van der Waals surface area contributed by atoms with E-state index in [9.17, 15) is 9.90 Å². The number of carboxylic acid groups (broad SMARTS) is 1. The van der Waals surface area contributed by atoms with Gasteiger partial charge < -0.3 is 9.84 Å². The van der Waals surface area contributed by atoms with Gasteiger partial charge in [0.05, 0.1) is 0 Å². The summed E-state index contributed by atoms with van der Waals surface area (Å²) in [5.74, 6) is -0.474. The van der Waals surface area contributed by atoms with Gasteiger partial charge in [-0.2, -0.15) is 0 Å². The first-order chi connectivity index (χ1) is 8.23. The van der Waals surface area contributed by atoms with Crippen LogP contribution in [-0.2, 0) is 4.79 Å². The molecule has 0 aromatic heterocycles. The van der Waals surface area contributed by atoms with E-state index in [2.05, 4.69) is 0 Å². The lowest BCUT2D eigenvalue weighted by Gasteiger charge is -2.36. The number of carbonyl (C=O) groups is 1. The summed E-state index contributed by atoms with van der Waals surface area (Å²) in [6, 6.07) is 7.56. The topological polar surface area (TPSA) is 46.5 Å². The van der Waals surface area contributed by atoms with E-state index in [0.717, 1.165) is 37.0 Å². The fraction of sp³-hybridized carbons (Fsp3) is 0.500. The van der Waals surface area contributed by atoms with E-state index in [-0.39, 0.29) is 0 Å². The Balaban J connectivity index is 2.06. The molecular formula is C14H16O3. The molecule has 1 aliphatic heterocycles. The van der Waals surface area contributed by atoms with Crippen molar-refractivity contribution in [3.8, 4) is 5.75 Å².